The molecule has 0 aliphatic carbocycles. The molecule has 0 amide bonds. The summed E-state index contributed by atoms with van der Waals surface area (Å²) in [7, 11) is -2.97. The van der Waals surface area contributed by atoms with Crippen molar-refractivity contribution in [1.29, 1.82) is 0 Å². The zero-order valence-corrected chi connectivity index (χ0v) is 10.9. The zero-order valence-electron chi connectivity index (χ0n) is 10.1. The van der Waals surface area contributed by atoms with Crippen molar-refractivity contribution < 1.29 is 18.3 Å². The third kappa shape index (κ3) is 2.81. The summed E-state index contributed by atoms with van der Waals surface area (Å²) >= 11 is 0. The minimum Gasteiger partial charge on any atom is -0.478 e. The fourth-order valence-electron chi connectivity index (χ4n) is 2.11. The predicted octanol–water partition coefficient (Wildman–Crippen LogP) is 0.792. The van der Waals surface area contributed by atoms with Gasteiger partial charge in [-0.05, 0) is 30.2 Å². The van der Waals surface area contributed by atoms with Gasteiger partial charge in [-0.15, -0.1) is 0 Å². The van der Waals surface area contributed by atoms with Gasteiger partial charge < -0.3 is 10.0 Å². The second kappa shape index (κ2) is 4.61. The third-order valence-corrected chi connectivity index (χ3v) is 3.97. The van der Waals surface area contributed by atoms with E-state index >= 15 is 0 Å². The van der Waals surface area contributed by atoms with E-state index in [0.717, 1.165) is 24.2 Å². The second-order valence-corrected chi connectivity index (χ2v) is 6.78. The monoisotopic (exact) mass is 269 g/mol. The molecular formula is C12H15NO4S. The van der Waals surface area contributed by atoms with Crippen molar-refractivity contribution in [2.75, 3.05) is 30.0 Å². The Hall–Kier alpha value is -1.56. The van der Waals surface area contributed by atoms with Crippen LogP contribution in [0.25, 0.3) is 0 Å². The minimum absolute atomic E-state index is 0.118. The molecule has 0 unspecified atom stereocenters. The van der Waals surface area contributed by atoms with E-state index in [1.165, 1.54) is 6.26 Å². The Balaban J connectivity index is 2.16. The summed E-state index contributed by atoms with van der Waals surface area (Å²) in [6, 6.07) is 4.98. The molecule has 1 aromatic rings. The van der Waals surface area contributed by atoms with Gasteiger partial charge in [0.25, 0.3) is 0 Å². The molecule has 0 fully saturated rings. The van der Waals surface area contributed by atoms with Crippen molar-refractivity contribution in [1.82, 2.24) is 0 Å². The van der Waals surface area contributed by atoms with Crippen LogP contribution in [0.4, 0.5) is 5.69 Å². The van der Waals surface area contributed by atoms with Crippen LogP contribution in [-0.2, 0) is 16.3 Å². The maximum Gasteiger partial charge on any atom is 0.335 e. The Morgan fingerprint density at radius 2 is 2.17 bits per heavy atom. The number of carbonyl (C=O) groups is 1. The molecule has 1 aliphatic rings. The number of fused-ring (bicyclic) bond motifs is 1. The van der Waals surface area contributed by atoms with Crippen LogP contribution in [0, 0.1) is 0 Å². The first kappa shape index (κ1) is 12.9. The first-order valence-corrected chi connectivity index (χ1v) is 7.72. The summed E-state index contributed by atoms with van der Waals surface area (Å²) in [4.78, 5) is 12.8. The van der Waals surface area contributed by atoms with Gasteiger partial charge in [-0.3, -0.25) is 0 Å². The van der Waals surface area contributed by atoms with Crippen molar-refractivity contribution >= 4 is 21.5 Å². The zero-order chi connectivity index (χ0) is 13.3. The van der Waals surface area contributed by atoms with Crippen LogP contribution in [0.15, 0.2) is 18.2 Å². The summed E-state index contributed by atoms with van der Waals surface area (Å²) in [5, 5.41) is 8.90. The molecule has 0 saturated heterocycles. The second-order valence-electron chi connectivity index (χ2n) is 4.52. The third-order valence-electron chi connectivity index (χ3n) is 3.05. The maximum absolute atomic E-state index is 11.1. The molecule has 1 aliphatic heterocycles. The van der Waals surface area contributed by atoms with E-state index in [0.29, 0.717) is 6.54 Å². The standard InChI is InChI=1S/C12H15NO4S/c1-18(16,17)7-6-13-5-4-9-8-10(12(14)15)2-3-11(9)13/h2-3,8H,4-7H2,1H3,(H,14,15). The number of aromatic carboxylic acids is 1. The molecule has 0 atom stereocenters. The Kier molecular flexibility index (Phi) is 3.30. The van der Waals surface area contributed by atoms with Crippen molar-refractivity contribution in [3.05, 3.63) is 29.3 Å². The summed E-state index contributed by atoms with van der Waals surface area (Å²) < 4.78 is 22.3. The number of carboxylic acids is 1. The molecule has 0 radical (unpaired) electrons. The van der Waals surface area contributed by atoms with Gasteiger partial charge in [0.15, 0.2) is 0 Å². The molecule has 0 aromatic heterocycles. The van der Waals surface area contributed by atoms with Crippen LogP contribution in [0.1, 0.15) is 15.9 Å². The number of hydrogen-bond donors (Lipinski definition) is 1. The number of carboxylic acid groups (broad SMARTS) is 1. The highest BCUT2D eigenvalue weighted by Crippen LogP contribution is 2.28. The Labute approximate surface area is 106 Å². The lowest BCUT2D eigenvalue weighted by atomic mass is 10.1. The van der Waals surface area contributed by atoms with E-state index in [-0.39, 0.29) is 11.3 Å². The SMILES string of the molecule is CS(=O)(=O)CCN1CCc2cc(C(=O)O)ccc21. The molecule has 0 saturated carbocycles. The molecule has 1 N–H and O–H groups in total. The normalized spacial score (nSPS) is 14.6. The predicted molar refractivity (Wildman–Crippen MR) is 69.0 cm³/mol. The number of benzene rings is 1. The largest absolute Gasteiger partial charge is 0.478 e. The average molecular weight is 269 g/mol. The van der Waals surface area contributed by atoms with Crippen LogP contribution in [0.3, 0.4) is 0 Å². The van der Waals surface area contributed by atoms with E-state index in [2.05, 4.69) is 0 Å². The number of nitrogens with zero attached hydrogens (tertiary/aromatic N) is 1. The van der Waals surface area contributed by atoms with Gasteiger partial charge in [-0.2, -0.15) is 0 Å². The average Bonchev–Trinajstić information content (AvgIpc) is 2.67. The number of rotatable bonds is 4. The fourth-order valence-corrected chi connectivity index (χ4v) is 2.66. The van der Waals surface area contributed by atoms with Crippen molar-refractivity contribution in [2.45, 2.75) is 6.42 Å². The summed E-state index contributed by atoms with van der Waals surface area (Å²) in [5.74, 6) is -0.819. The van der Waals surface area contributed by atoms with E-state index in [4.69, 9.17) is 5.11 Å². The van der Waals surface area contributed by atoms with Gasteiger partial charge in [-0.25, -0.2) is 13.2 Å². The highest BCUT2D eigenvalue weighted by atomic mass is 32.2. The van der Waals surface area contributed by atoms with Crippen molar-refractivity contribution in [3.63, 3.8) is 0 Å². The Bertz CT molecular complexity index is 580. The van der Waals surface area contributed by atoms with Gasteiger partial charge in [0.2, 0.25) is 0 Å². The summed E-state index contributed by atoms with van der Waals surface area (Å²) in [6.07, 6.45) is 1.98. The van der Waals surface area contributed by atoms with Gasteiger partial charge in [0.05, 0.1) is 11.3 Å². The number of hydrogen-bond acceptors (Lipinski definition) is 4. The lowest BCUT2D eigenvalue weighted by Gasteiger charge is -2.18. The number of sulfone groups is 1. The Morgan fingerprint density at radius 1 is 1.44 bits per heavy atom. The van der Waals surface area contributed by atoms with Gasteiger partial charge in [0.1, 0.15) is 9.84 Å². The lowest BCUT2D eigenvalue weighted by Crippen LogP contribution is -2.27. The molecule has 0 spiro atoms. The molecule has 1 aromatic carbocycles. The Morgan fingerprint density at radius 3 is 2.78 bits per heavy atom. The first-order chi connectivity index (χ1) is 8.37. The van der Waals surface area contributed by atoms with Crippen LogP contribution >= 0.6 is 0 Å². The molecular weight excluding hydrogens is 254 g/mol. The van der Waals surface area contributed by atoms with E-state index < -0.39 is 15.8 Å². The molecule has 5 nitrogen and oxygen atoms in total. The smallest absolute Gasteiger partial charge is 0.335 e. The number of anilines is 1. The molecule has 1 heterocycles. The highest BCUT2D eigenvalue weighted by molar-refractivity contribution is 7.90. The molecule has 2 rings (SSSR count). The van der Waals surface area contributed by atoms with Crippen LogP contribution in [0.2, 0.25) is 0 Å². The lowest BCUT2D eigenvalue weighted by molar-refractivity contribution is 0.0697. The van der Waals surface area contributed by atoms with Crippen LogP contribution < -0.4 is 4.90 Å². The highest BCUT2D eigenvalue weighted by Gasteiger charge is 2.21. The summed E-state index contributed by atoms with van der Waals surface area (Å²) in [5.41, 5.74) is 2.20. The van der Waals surface area contributed by atoms with E-state index in [1.807, 2.05) is 4.90 Å². The summed E-state index contributed by atoms with van der Waals surface area (Å²) in [6.45, 7) is 1.20. The topological polar surface area (TPSA) is 74.7 Å². The van der Waals surface area contributed by atoms with E-state index in [9.17, 15) is 13.2 Å². The minimum atomic E-state index is -2.97. The van der Waals surface area contributed by atoms with Crippen molar-refractivity contribution in [2.24, 2.45) is 0 Å². The first-order valence-electron chi connectivity index (χ1n) is 5.66. The quantitative estimate of drug-likeness (QED) is 0.874. The fraction of sp³-hybridized carbons (Fsp3) is 0.417. The van der Waals surface area contributed by atoms with Crippen molar-refractivity contribution in [3.8, 4) is 0 Å². The molecule has 6 heteroatoms. The van der Waals surface area contributed by atoms with Gasteiger partial charge >= 0.3 is 5.97 Å². The molecule has 98 valence electrons. The van der Waals surface area contributed by atoms with Crippen LogP contribution in [0.5, 0.6) is 0 Å². The van der Waals surface area contributed by atoms with E-state index in [1.54, 1.807) is 18.2 Å². The van der Waals surface area contributed by atoms with Gasteiger partial charge in [-0.1, -0.05) is 0 Å². The molecule has 0 bridgehead atoms. The maximum atomic E-state index is 11.1. The van der Waals surface area contributed by atoms with Gasteiger partial charge in [0, 0.05) is 25.0 Å². The molecule has 18 heavy (non-hydrogen) atoms. The van der Waals surface area contributed by atoms with Crippen LogP contribution in [-0.4, -0.2) is 44.6 Å².